The van der Waals surface area contributed by atoms with E-state index in [2.05, 4.69) is 21.3 Å². The van der Waals surface area contributed by atoms with Gasteiger partial charge < -0.3 is 0 Å². The summed E-state index contributed by atoms with van der Waals surface area (Å²) >= 11 is 5.61. The summed E-state index contributed by atoms with van der Waals surface area (Å²) in [5.74, 6) is -0.0460. The van der Waals surface area contributed by atoms with Crippen LogP contribution in [0, 0.1) is 12.1 Å². The van der Waals surface area contributed by atoms with Crippen LogP contribution in [-0.4, -0.2) is 15.0 Å². The fourth-order valence-corrected chi connectivity index (χ4v) is 1.17. The Morgan fingerprint density at radius 1 is 1.36 bits per heavy atom. The Labute approximate surface area is 84.6 Å². The summed E-state index contributed by atoms with van der Waals surface area (Å²) in [7, 11) is 0. The maximum atomic E-state index is 12.8. The minimum atomic E-state index is -0.464. The molecule has 69 valence electrons. The Bertz CT molecular complexity index is 447. The normalized spacial score (nSPS) is 10.1. The second kappa shape index (κ2) is 3.67. The van der Waals surface area contributed by atoms with Gasteiger partial charge in [-0.05, 0) is 18.2 Å². The number of halogens is 2. The number of hydrogen-bond acceptors (Lipinski definition) is 3. The van der Waals surface area contributed by atoms with E-state index in [1.807, 2.05) is 0 Å². The molecule has 1 aromatic heterocycles. The molecule has 0 spiro atoms. The zero-order valence-electron chi connectivity index (χ0n) is 6.91. The van der Waals surface area contributed by atoms with Gasteiger partial charge >= 0.3 is 0 Å². The van der Waals surface area contributed by atoms with Crippen molar-refractivity contribution < 1.29 is 4.39 Å². The summed E-state index contributed by atoms with van der Waals surface area (Å²) in [5, 5.41) is 0.0444. The van der Waals surface area contributed by atoms with E-state index in [9.17, 15) is 4.39 Å². The van der Waals surface area contributed by atoms with Crippen LogP contribution in [0.5, 0.6) is 0 Å². The van der Waals surface area contributed by atoms with E-state index >= 15 is 0 Å². The van der Waals surface area contributed by atoms with Crippen LogP contribution in [0.4, 0.5) is 4.39 Å². The van der Waals surface area contributed by atoms with Gasteiger partial charge in [-0.15, -0.1) is 0 Å². The Hall–Kier alpha value is -1.55. The number of rotatable bonds is 1. The van der Waals surface area contributed by atoms with Crippen LogP contribution in [0.1, 0.15) is 0 Å². The molecule has 0 amide bonds. The lowest BCUT2D eigenvalue weighted by Gasteiger charge is -1.99. The van der Waals surface area contributed by atoms with Crippen molar-refractivity contribution in [2.24, 2.45) is 0 Å². The zero-order valence-corrected chi connectivity index (χ0v) is 7.66. The first-order chi connectivity index (χ1) is 6.77. The third-order valence-electron chi connectivity index (χ3n) is 1.63. The van der Waals surface area contributed by atoms with Crippen LogP contribution < -0.4 is 0 Å². The van der Waals surface area contributed by atoms with Gasteiger partial charge in [0.2, 0.25) is 6.33 Å². The van der Waals surface area contributed by atoms with Crippen molar-refractivity contribution in [2.75, 3.05) is 0 Å². The maximum Gasteiger partial charge on any atom is 0.201 e. The van der Waals surface area contributed by atoms with E-state index in [-0.39, 0.29) is 5.02 Å². The van der Waals surface area contributed by atoms with Crippen molar-refractivity contribution in [3.63, 3.8) is 0 Å². The largest absolute Gasteiger partial charge is 0.217 e. The molecule has 1 heterocycles. The van der Waals surface area contributed by atoms with Gasteiger partial charge in [0.15, 0.2) is 5.82 Å². The van der Waals surface area contributed by atoms with Gasteiger partial charge in [-0.1, -0.05) is 11.6 Å². The van der Waals surface area contributed by atoms with E-state index in [4.69, 9.17) is 11.6 Å². The highest BCUT2D eigenvalue weighted by atomic mass is 35.5. The fraction of sp³-hybridized carbons (Fsp3) is 0. The van der Waals surface area contributed by atoms with E-state index < -0.39 is 5.82 Å². The lowest BCUT2D eigenvalue weighted by atomic mass is 10.2. The number of benzene rings is 1. The van der Waals surface area contributed by atoms with Gasteiger partial charge in [-0.2, -0.15) is 0 Å². The lowest BCUT2D eigenvalue weighted by molar-refractivity contribution is 0.628. The quantitative estimate of drug-likeness (QED) is 0.721. The molecule has 1 radical (unpaired) electrons. The van der Waals surface area contributed by atoms with Crippen molar-refractivity contribution in [3.8, 4) is 11.4 Å². The van der Waals surface area contributed by atoms with Crippen molar-refractivity contribution in [1.29, 1.82) is 0 Å². The number of nitrogens with zero attached hydrogens (tertiary/aromatic N) is 3. The summed E-state index contributed by atoms with van der Waals surface area (Å²) in [6.45, 7) is 0. The molecule has 3 nitrogen and oxygen atoms in total. The molecule has 0 N–H and O–H groups in total. The highest BCUT2D eigenvalue weighted by molar-refractivity contribution is 6.31. The van der Waals surface area contributed by atoms with Crippen molar-refractivity contribution in [2.45, 2.75) is 0 Å². The van der Waals surface area contributed by atoms with Crippen molar-refractivity contribution in [1.82, 2.24) is 15.0 Å². The lowest BCUT2D eigenvalue weighted by Crippen LogP contribution is -1.89. The molecular weight excluding hydrogens is 205 g/mol. The van der Waals surface area contributed by atoms with Crippen LogP contribution in [0.3, 0.4) is 0 Å². The minimum absolute atomic E-state index is 0.0444. The predicted octanol–water partition coefficient (Wildman–Crippen LogP) is 2.13. The van der Waals surface area contributed by atoms with E-state index in [0.29, 0.717) is 11.4 Å². The molecule has 0 saturated carbocycles. The highest BCUT2D eigenvalue weighted by Gasteiger charge is 2.04. The Kier molecular flexibility index (Phi) is 2.37. The molecule has 0 saturated heterocycles. The van der Waals surface area contributed by atoms with Gasteiger partial charge in [-0.3, -0.25) is 0 Å². The molecule has 0 bridgehead atoms. The SMILES string of the molecule is Fc1ccc(-c2n[c]ncn2)cc1Cl. The van der Waals surface area contributed by atoms with Crippen LogP contribution in [0.25, 0.3) is 11.4 Å². The number of aromatic nitrogens is 3. The highest BCUT2D eigenvalue weighted by Crippen LogP contribution is 2.21. The molecule has 0 fully saturated rings. The molecule has 0 aliphatic heterocycles. The van der Waals surface area contributed by atoms with E-state index in [1.165, 1.54) is 18.5 Å². The number of hydrogen-bond donors (Lipinski definition) is 0. The fourth-order valence-electron chi connectivity index (χ4n) is 0.989. The Balaban J connectivity index is 2.48. The average Bonchev–Trinajstić information content (AvgIpc) is 2.23. The third kappa shape index (κ3) is 1.70. The second-order valence-corrected chi connectivity index (χ2v) is 2.95. The Morgan fingerprint density at radius 2 is 2.21 bits per heavy atom. The van der Waals surface area contributed by atoms with Gasteiger partial charge in [0.1, 0.15) is 12.1 Å². The standard InChI is InChI=1S/C9H4ClFN3/c10-7-3-6(1-2-8(7)11)9-13-4-12-5-14-9/h1-4H. The molecule has 2 aromatic rings. The minimum Gasteiger partial charge on any atom is -0.217 e. The average molecular weight is 209 g/mol. The van der Waals surface area contributed by atoms with Crippen molar-refractivity contribution in [3.05, 3.63) is 41.7 Å². The smallest absolute Gasteiger partial charge is 0.201 e. The summed E-state index contributed by atoms with van der Waals surface area (Å²) in [6, 6.07) is 4.27. The van der Waals surface area contributed by atoms with Gasteiger partial charge in [-0.25, -0.2) is 19.3 Å². The second-order valence-electron chi connectivity index (χ2n) is 2.54. The third-order valence-corrected chi connectivity index (χ3v) is 1.92. The molecule has 2 rings (SSSR count). The van der Waals surface area contributed by atoms with Gasteiger partial charge in [0.25, 0.3) is 0 Å². The topological polar surface area (TPSA) is 38.7 Å². The van der Waals surface area contributed by atoms with Crippen LogP contribution >= 0.6 is 11.6 Å². The Morgan fingerprint density at radius 3 is 2.86 bits per heavy atom. The molecule has 0 unspecified atom stereocenters. The van der Waals surface area contributed by atoms with Crippen LogP contribution in [0.15, 0.2) is 24.5 Å². The molecule has 0 aliphatic rings. The molecule has 0 atom stereocenters. The summed E-state index contributed by atoms with van der Waals surface area (Å²) in [4.78, 5) is 11.2. The first-order valence-electron chi connectivity index (χ1n) is 3.78. The molecule has 14 heavy (non-hydrogen) atoms. The van der Waals surface area contributed by atoms with E-state index in [0.717, 1.165) is 0 Å². The van der Waals surface area contributed by atoms with Crippen LogP contribution in [0.2, 0.25) is 5.02 Å². The summed E-state index contributed by atoms with van der Waals surface area (Å²) in [5.41, 5.74) is 0.634. The van der Waals surface area contributed by atoms with Crippen molar-refractivity contribution >= 4 is 11.6 Å². The van der Waals surface area contributed by atoms with Crippen LogP contribution in [-0.2, 0) is 0 Å². The zero-order chi connectivity index (χ0) is 9.97. The van der Waals surface area contributed by atoms with Gasteiger partial charge in [0.05, 0.1) is 5.02 Å². The van der Waals surface area contributed by atoms with Gasteiger partial charge in [0, 0.05) is 5.56 Å². The maximum absolute atomic E-state index is 12.8. The molecule has 0 aliphatic carbocycles. The monoisotopic (exact) mass is 208 g/mol. The summed E-state index contributed by atoms with van der Waals surface area (Å²) < 4.78 is 12.8. The first-order valence-corrected chi connectivity index (χ1v) is 4.15. The predicted molar refractivity (Wildman–Crippen MR) is 49.1 cm³/mol. The molecule has 1 aromatic carbocycles. The molecule has 5 heteroatoms. The summed E-state index contributed by atoms with van der Waals surface area (Å²) in [6.07, 6.45) is 3.71. The molecular formula is C9H4ClFN3. The van der Waals surface area contributed by atoms with E-state index in [1.54, 1.807) is 6.07 Å². The first kappa shape index (κ1) is 9.02.